The molecular formula is C57H75N9O9S. The molecular weight excluding hydrogens is 987 g/mol. The Morgan fingerprint density at radius 3 is 2.49 bits per heavy atom. The molecule has 10 aliphatic rings. The van der Waals surface area contributed by atoms with Gasteiger partial charge in [0.05, 0.1) is 93.5 Å². The molecule has 76 heavy (non-hydrogen) atoms. The number of morpholine rings is 1. The number of piperazine rings is 1. The monoisotopic (exact) mass is 1060 g/mol. The fourth-order valence-corrected chi connectivity index (χ4v) is 14.6. The number of hydrogen-bond acceptors (Lipinski definition) is 16. The van der Waals surface area contributed by atoms with Gasteiger partial charge >= 0.3 is 5.97 Å². The Hall–Kier alpha value is -4.57. The van der Waals surface area contributed by atoms with Crippen molar-refractivity contribution < 1.29 is 42.8 Å². The normalized spacial score (nSPS) is 29.4. The molecule has 0 radical (unpaired) electrons. The summed E-state index contributed by atoms with van der Waals surface area (Å²) in [5.74, 6) is -0.671. The van der Waals surface area contributed by atoms with Crippen LogP contribution in [0.5, 0.6) is 0 Å². The summed E-state index contributed by atoms with van der Waals surface area (Å²) in [6.07, 6.45) is 9.49. The number of anilines is 1. The van der Waals surface area contributed by atoms with Gasteiger partial charge in [0, 0.05) is 104 Å². The first-order valence-electron chi connectivity index (χ1n) is 28.2. The molecule has 18 nitrogen and oxygen atoms in total. The van der Waals surface area contributed by atoms with Crippen LogP contribution in [0.3, 0.4) is 0 Å². The highest BCUT2D eigenvalue weighted by Crippen LogP contribution is 2.50. The molecule has 3 aromatic heterocycles. The van der Waals surface area contributed by atoms with Crippen LogP contribution in [0.15, 0.2) is 35.8 Å². The number of rotatable bonds is 12. The van der Waals surface area contributed by atoms with Gasteiger partial charge in [-0.15, -0.1) is 11.3 Å². The standard InChI is InChI=1S/C57H75N9O9S/c1-35(70-4)47-42(23-39(29-58-47)63-14-12-62(13-15-63)38-8-9-38)49-43-28-55(2,3)32-74-53(68)44-6-5-11-66(61-44)52(67)48(60-54(69)57-24-36(25-57)30-75-57)50(64-16-19-71-20-17-64)51-59-45(31-76-51)37-7-10-46(41(43)22-37)65(49)18-21-73-40-26-56(27-40)33-72-34-56/h7,10,22-23,29,31,35-36,38,40,44,48,50,61H,5-6,8-9,11-21,24-28,30,32-34H2,1-4H3,(H,60,69)/t35-,36?,44-,48-,50-,57?/m0/s1. The largest absolute Gasteiger partial charge is 0.464 e. The Balaban J connectivity index is 0.946. The zero-order valence-corrected chi connectivity index (χ0v) is 45.5. The van der Waals surface area contributed by atoms with Crippen molar-refractivity contribution in [2.75, 3.05) is 104 Å². The van der Waals surface area contributed by atoms with E-state index < -0.39 is 35.1 Å². The van der Waals surface area contributed by atoms with Gasteiger partial charge in [0.15, 0.2) is 0 Å². The summed E-state index contributed by atoms with van der Waals surface area (Å²) in [6, 6.07) is 7.28. The average molecular weight is 1060 g/mol. The fourth-order valence-electron chi connectivity index (χ4n) is 13.6. The van der Waals surface area contributed by atoms with Crippen molar-refractivity contribution in [3.05, 3.63) is 52.1 Å². The molecule has 19 heteroatoms. The number of ether oxygens (including phenoxy) is 6. The predicted molar refractivity (Wildman–Crippen MR) is 286 cm³/mol. The quantitative estimate of drug-likeness (QED) is 0.166. The number of cyclic esters (lactones) is 1. The van der Waals surface area contributed by atoms with Crippen LogP contribution in [0.4, 0.5) is 5.69 Å². The van der Waals surface area contributed by atoms with Crippen LogP contribution < -0.4 is 15.6 Å². The number of pyridine rings is 1. The number of thiazole rings is 1. The number of hydrazine groups is 1. The van der Waals surface area contributed by atoms with Crippen LogP contribution in [0.1, 0.15) is 101 Å². The highest BCUT2D eigenvalue weighted by atomic mass is 32.1. The second-order valence-corrected chi connectivity index (χ2v) is 25.2. The maximum absolute atomic E-state index is 15.2. The summed E-state index contributed by atoms with van der Waals surface area (Å²) in [5, 5.41) is 8.65. The lowest BCUT2D eigenvalue weighted by Gasteiger charge is -2.52. The van der Waals surface area contributed by atoms with Crippen molar-refractivity contribution >= 4 is 45.7 Å². The van der Waals surface area contributed by atoms with E-state index in [1.54, 1.807) is 7.11 Å². The van der Waals surface area contributed by atoms with Gasteiger partial charge < -0.3 is 43.2 Å². The molecule has 0 unspecified atom stereocenters. The van der Waals surface area contributed by atoms with Crippen molar-refractivity contribution in [3.63, 3.8) is 0 Å². The Morgan fingerprint density at radius 1 is 0.961 bits per heavy atom. The van der Waals surface area contributed by atoms with Crippen LogP contribution >= 0.6 is 11.3 Å². The average Bonchev–Trinajstić information content (AvgIpc) is 3.86. The van der Waals surface area contributed by atoms with E-state index in [-0.39, 0.29) is 36.0 Å². The third-order valence-corrected chi connectivity index (χ3v) is 19.2. The Bertz CT molecular complexity index is 2830. The summed E-state index contributed by atoms with van der Waals surface area (Å²) in [5.41, 5.74) is 10.0. The third kappa shape index (κ3) is 9.56. The van der Waals surface area contributed by atoms with Crippen LogP contribution in [-0.2, 0) is 55.8 Å². The van der Waals surface area contributed by atoms with Gasteiger partial charge in [-0.25, -0.2) is 10.4 Å². The molecule has 7 aliphatic heterocycles. The second-order valence-electron chi connectivity index (χ2n) is 24.3. The fraction of sp³-hybridized carbons (Fsp3) is 0.667. The number of aromatic nitrogens is 3. The van der Waals surface area contributed by atoms with Gasteiger partial charge in [0.1, 0.15) is 22.7 Å². The van der Waals surface area contributed by atoms with Crippen LogP contribution in [0, 0.1) is 16.7 Å². The van der Waals surface area contributed by atoms with E-state index in [1.165, 1.54) is 29.2 Å². The summed E-state index contributed by atoms with van der Waals surface area (Å²) < 4.78 is 39.2. The molecule has 10 heterocycles. The lowest BCUT2D eigenvalue weighted by molar-refractivity contribution is -0.209. The number of nitrogens with zero attached hydrogens (tertiary/aromatic N) is 7. The first kappa shape index (κ1) is 50.9. The molecule has 4 atom stereocenters. The predicted octanol–water partition coefficient (Wildman–Crippen LogP) is 5.67. The van der Waals surface area contributed by atoms with Crippen molar-refractivity contribution in [1.82, 2.24) is 40.1 Å². The maximum atomic E-state index is 15.2. The minimum atomic E-state index is -1.04. The number of esters is 1. The number of benzene rings is 1. The molecule has 1 spiro atoms. The highest BCUT2D eigenvalue weighted by Gasteiger charge is 2.58. The minimum absolute atomic E-state index is 0.140. The highest BCUT2D eigenvalue weighted by molar-refractivity contribution is 7.10. The van der Waals surface area contributed by atoms with Gasteiger partial charge in [-0.3, -0.25) is 34.2 Å². The number of amides is 2. The topological polar surface area (TPSA) is 174 Å². The number of carbonyl (C=O) groups excluding carboxylic acids is 3. The van der Waals surface area contributed by atoms with Crippen LogP contribution in [0.25, 0.3) is 33.4 Å². The molecule has 2 amide bonds. The zero-order valence-electron chi connectivity index (χ0n) is 44.7. The lowest BCUT2D eigenvalue weighted by atomic mass is 9.65. The first-order chi connectivity index (χ1) is 36.9. The number of hydrogen-bond donors (Lipinski definition) is 2. The van der Waals surface area contributed by atoms with Crippen molar-refractivity contribution in [1.29, 1.82) is 0 Å². The zero-order chi connectivity index (χ0) is 51.9. The van der Waals surface area contributed by atoms with E-state index in [4.69, 9.17) is 38.4 Å². The number of nitrogens with one attached hydrogen (secondary N) is 2. The maximum Gasteiger partial charge on any atom is 0.324 e. The van der Waals surface area contributed by atoms with E-state index in [9.17, 15) is 9.59 Å². The number of carbonyl (C=O) groups is 3. The smallest absolute Gasteiger partial charge is 0.324 e. The SMILES string of the molecule is CO[C@@H](C)c1ncc(N2CCN(C3CC3)CC2)cc1-c1c2c3cc(ccc3n1CCOC1CC3(COC3)C1)-c1csc(n1)[C@@H](N1CCOCC1)[C@H](NC(=O)C13CC(CO1)C3)C(=O)N1CCC[C@H](N1)C(=O)OCC(C)(C)C2. The number of fused-ring (bicyclic) bond motifs is 7. The third-order valence-electron chi connectivity index (χ3n) is 18.2. The molecule has 6 saturated heterocycles. The molecule has 4 aromatic rings. The molecule has 14 rings (SSSR count). The van der Waals surface area contributed by atoms with Gasteiger partial charge in [-0.2, -0.15) is 0 Å². The Morgan fingerprint density at radius 2 is 1.76 bits per heavy atom. The summed E-state index contributed by atoms with van der Waals surface area (Å²) in [4.78, 5) is 62.1. The van der Waals surface area contributed by atoms with Crippen molar-refractivity contribution in [2.45, 2.75) is 127 Å². The van der Waals surface area contributed by atoms with E-state index in [1.807, 2.05) is 6.20 Å². The molecule has 8 bridgehead atoms. The van der Waals surface area contributed by atoms with Gasteiger partial charge in [-0.1, -0.05) is 19.9 Å². The van der Waals surface area contributed by atoms with Gasteiger partial charge in [-0.05, 0) is 94.4 Å². The van der Waals surface area contributed by atoms with E-state index in [2.05, 4.69) is 80.4 Å². The Kier molecular flexibility index (Phi) is 13.6. The molecule has 1 aromatic carbocycles. The second kappa shape index (κ2) is 20.3. The first-order valence-corrected chi connectivity index (χ1v) is 29.1. The Labute approximate surface area is 449 Å². The molecule has 9 fully saturated rings. The van der Waals surface area contributed by atoms with E-state index in [0.717, 1.165) is 109 Å². The van der Waals surface area contributed by atoms with Crippen molar-refractivity contribution in [3.8, 4) is 22.5 Å². The van der Waals surface area contributed by atoms with Crippen LogP contribution in [-0.4, -0.2) is 176 Å². The summed E-state index contributed by atoms with van der Waals surface area (Å²) in [6.45, 7) is 16.2. The molecule has 2 N–H and O–H groups in total. The lowest BCUT2D eigenvalue weighted by Crippen LogP contribution is -2.65. The molecule has 3 saturated carbocycles. The minimum Gasteiger partial charge on any atom is -0.464 e. The molecule has 3 aliphatic carbocycles. The summed E-state index contributed by atoms with van der Waals surface area (Å²) >= 11 is 1.50. The van der Waals surface area contributed by atoms with E-state index in [0.29, 0.717) is 95.6 Å². The van der Waals surface area contributed by atoms with Crippen molar-refractivity contribution in [2.24, 2.45) is 16.7 Å². The van der Waals surface area contributed by atoms with Gasteiger partial charge in [0.25, 0.3) is 11.8 Å². The number of methoxy groups -OCH3 is 1. The van der Waals surface area contributed by atoms with Gasteiger partial charge in [0.2, 0.25) is 0 Å². The molecule has 408 valence electrons. The van der Waals surface area contributed by atoms with E-state index >= 15 is 4.79 Å². The van der Waals surface area contributed by atoms with Crippen LogP contribution in [0.2, 0.25) is 0 Å². The summed E-state index contributed by atoms with van der Waals surface area (Å²) in [7, 11) is 1.75.